The maximum atomic E-state index is 12.4. The molecule has 7 nitrogen and oxygen atoms in total. The lowest BCUT2D eigenvalue weighted by Crippen LogP contribution is -2.24. The standard InChI is InChI=1S/C25H22F3N3O4/c1-33-22-11-8-16(19-4-2-3-5-20(19)22)13-31-14-17(32)12-21(31)24-29-23(30-35-24)15-6-9-18(10-7-15)34-25(26,27)28/h2-11,17,21,32H,12-14H2,1H3/t17-,21+/m1/s1. The summed E-state index contributed by atoms with van der Waals surface area (Å²) in [6.45, 7) is 0.986. The van der Waals surface area contributed by atoms with Crippen LogP contribution in [0.5, 0.6) is 11.5 Å². The SMILES string of the molecule is COc1ccc(CN2C[C@H](O)C[C@H]2c2nc(-c3ccc(OC(F)(F)F)cc3)no2)c2ccccc12. The van der Waals surface area contributed by atoms with Gasteiger partial charge in [0.15, 0.2) is 0 Å². The van der Waals surface area contributed by atoms with Gasteiger partial charge in [-0.3, -0.25) is 4.90 Å². The molecule has 4 aromatic rings. The second-order valence-corrected chi connectivity index (χ2v) is 8.34. The Kier molecular flexibility index (Phi) is 6.08. The summed E-state index contributed by atoms with van der Waals surface area (Å²) in [5.41, 5.74) is 1.56. The van der Waals surface area contributed by atoms with Crippen LogP contribution in [0.3, 0.4) is 0 Å². The minimum atomic E-state index is -4.76. The van der Waals surface area contributed by atoms with E-state index in [0.717, 1.165) is 22.1 Å². The van der Waals surface area contributed by atoms with Gasteiger partial charge in [-0.05, 0) is 47.7 Å². The Morgan fingerprint density at radius 2 is 1.80 bits per heavy atom. The van der Waals surface area contributed by atoms with E-state index in [1.165, 1.54) is 24.3 Å². The van der Waals surface area contributed by atoms with Crippen molar-refractivity contribution in [2.24, 2.45) is 0 Å². The highest BCUT2D eigenvalue weighted by Gasteiger charge is 2.36. The number of benzene rings is 3. The molecule has 2 heterocycles. The fraction of sp³-hybridized carbons (Fsp3) is 0.280. The van der Waals surface area contributed by atoms with Crippen molar-refractivity contribution in [3.63, 3.8) is 0 Å². The van der Waals surface area contributed by atoms with Gasteiger partial charge in [0.2, 0.25) is 11.7 Å². The molecule has 35 heavy (non-hydrogen) atoms. The molecule has 1 aliphatic rings. The molecule has 0 unspecified atom stereocenters. The van der Waals surface area contributed by atoms with Gasteiger partial charge in [0.1, 0.15) is 11.5 Å². The molecule has 2 atom stereocenters. The Morgan fingerprint density at radius 1 is 1.06 bits per heavy atom. The molecule has 10 heteroatoms. The molecule has 0 spiro atoms. The second-order valence-electron chi connectivity index (χ2n) is 8.34. The molecule has 1 aliphatic heterocycles. The molecule has 1 N–H and O–H groups in total. The van der Waals surface area contributed by atoms with Crippen molar-refractivity contribution < 1.29 is 32.3 Å². The maximum Gasteiger partial charge on any atom is 0.573 e. The monoisotopic (exact) mass is 485 g/mol. The summed E-state index contributed by atoms with van der Waals surface area (Å²) in [6, 6.07) is 16.8. The summed E-state index contributed by atoms with van der Waals surface area (Å²) < 4.78 is 52.1. The van der Waals surface area contributed by atoms with Crippen LogP contribution in [-0.4, -0.2) is 46.3 Å². The van der Waals surface area contributed by atoms with E-state index in [-0.39, 0.29) is 17.6 Å². The number of halogens is 3. The lowest BCUT2D eigenvalue weighted by Gasteiger charge is -2.22. The molecule has 1 fully saturated rings. The molecule has 0 bridgehead atoms. The van der Waals surface area contributed by atoms with Crippen molar-refractivity contribution in [3.8, 4) is 22.9 Å². The third-order valence-electron chi connectivity index (χ3n) is 6.02. The molecule has 1 aromatic heterocycles. The number of aliphatic hydroxyl groups excluding tert-OH is 1. The van der Waals surface area contributed by atoms with Crippen molar-refractivity contribution >= 4 is 10.8 Å². The Morgan fingerprint density at radius 3 is 2.51 bits per heavy atom. The first-order chi connectivity index (χ1) is 16.8. The first kappa shape index (κ1) is 23.1. The number of aromatic nitrogens is 2. The van der Waals surface area contributed by atoms with Crippen LogP contribution >= 0.6 is 0 Å². The topological polar surface area (TPSA) is 80.9 Å². The molecular weight excluding hydrogens is 463 g/mol. The van der Waals surface area contributed by atoms with Crippen LogP contribution < -0.4 is 9.47 Å². The van der Waals surface area contributed by atoms with Crippen molar-refractivity contribution in [2.45, 2.75) is 31.5 Å². The normalized spacial score (nSPS) is 18.8. The maximum absolute atomic E-state index is 12.4. The van der Waals surface area contributed by atoms with Crippen LogP contribution in [0.25, 0.3) is 22.2 Å². The number of fused-ring (bicyclic) bond motifs is 1. The highest BCUT2D eigenvalue weighted by Crippen LogP contribution is 2.36. The quantitative estimate of drug-likeness (QED) is 0.407. The molecule has 0 aliphatic carbocycles. The van der Waals surface area contributed by atoms with Crippen molar-refractivity contribution in [3.05, 3.63) is 72.1 Å². The summed E-state index contributed by atoms with van der Waals surface area (Å²) >= 11 is 0. The van der Waals surface area contributed by atoms with Crippen LogP contribution in [0.2, 0.25) is 0 Å². The van der Waals surface area contributed by atoms with Crippen molar-refractivity contribution in [2.75, 3.05) is 13.7 Å². The summed E-state index contributed by atoms with van der Waals surface area (Å²) in [6.07, 6.45) is -4.89. The van der Waals surface area contributed by atoms with Crippen LogP contribution in [-0.2, 0) is 6.54 Å². The molecule has 5 rings (SSSR count). The number of nitrogens with zero attached hydrogens (tertiary/aromatic N) is 3. The van der Waals surface area contributed by atoms with Crippen LogP contribution in [0.4, 0.5) is 13.2 Å². The minimum Gasteiger partial charge on any atom is -0.496 e. The predicted molar refractivity (Wildman–Crippen MR) is 121 cm³/mol. The number of β-amino-alcohol motifs (C(OH)–C–C–N with tert-alkyl or cyclic N) is 1. The lowest BCUT2D eigenvalue weighted by molar-refractivity contribution is -0.274. The van der Waals surface area contributed by atoms with E-state index < -0.39 is 12.5 Å². The third-order valence-corrected chi connectivity index (χ3v) is 6.02. The largest absolute Gasteiger partial charge is 0.573 e. The number of hydrogen-bond donors (Lipinski definition) is 1. The Hall–Kier alpha value is -3.63. The van der Waals surface area contributed by atoms with Gasteiger partial charge >= 0.3 is 6.36 Å². The van der Waals surface area contributed by atoms with Crippen molar-refractivity contribution in [1.82, 2.24) is 15.0 Å². The average molecular weight is 485 g/mol. The first-order valence-electron chi connectivity index (χ1n) is 11.0. The van der Waals surface area contributed by atoms with E-state index in [4.69, 9.17) is 9.26 Å². The number of aliphatic hydroxyl groups is 1. The molecule has 0 saturated carbocycles. The number of likely N-dealkylation sites (tertiary alicyclic amines) is 1. The lowest BCUT2D eigenvalue weighted by atomic mass is 10.0. The highest BCUT2D eigenvalue weighted by molar-refractivity contribution is 5.91. The van der Waals surface area contributed by atoms with Gasteiger partial charge in [-0.1, -0.05) is 35.5 Å². The summed E-state index contributed by atoms with van der Waals surface area (Å²) in [5, 5.41) is 16.5. The van der Waals surface area contributed by atoms with E-state index in [1.807, 2.05) is 36.4 Å². The Bertz CT molecular complexity index is 1320. The third kappa shape index (κ3) is 4.94. The zero-order valence-corrected chi connectivity index (χ0v) is 18.7. The van der Waals surface area contributed by atoms with E-state index in [1.54, 1.807) is 7.11 Å². The van der Waals surface area contributed by atoms with Gasteiger partial charge in [0.25, 0.3) is 0 Å². The number of hydrogen-bond acceptors (Lipinski definition) is 7. The Balaban J connectivity index is 1.38. The summed E-state index contributed by atoms with van der Waals surface area (Å²) in [4.78, 5) is 6.55. The van der Waals surface area contributed by atoms with E-state index in [0.29, 0.717) is 31.0 Å². The minimum absolute atomic E-state index is 0.245. The van der Waals surface area contributed by atoms with Crippen LogP contribution in [0.15, 0.2) is 65.2 Å². The van der Waals surface area contributed by atoms with E-state index >= 15 is 0 Å². The van der Waals surface area contributed by atoms with Gasteiger partial charge in [0.05, 0.1) is 19.3 Å². The first-order valence-corrected chi connectivity index (χ1v) is 11.0. The molecule has 3 aromatic carbocycles. The fourth-order valence-corrected chi connectivity index (χ4v) is 4.47. The number of rotatable bonds is 6. The number of ether oxygens (including phenoxy) is 2. The molecule has 1 saturated heterocycles. The molecule has 0 radical (unpaired) electrons. The molecular formula is C25H22F3N3O4. The fourth-order valence-electron chi connectivity index (χ4n) is 4.47. The Labute approximate surface area is 198 Å². The van der Waals surface area contributed by atoms with Gasteiger partial charge in [-0.2, -0.15) is 4.98 Å². The van der Waals surface area contributed by atoms with E-state index in [2.05, 4.69) is 19.8 Å². The predicted octanol–water partition coefficient (Wildman–Crippen LogP) is 5.10. The average Bonchev–Trinajstić information content (AvgIpc) is 3.45. The molecule has 182 valence electrons. The van der Waals surface area contributed by atoms with Crippen LogP contribution in [0.1, 0.15) is 23.9 Å². The van der Waals surface area contributed by atoms with Gasteiger partial charge in [-0.15, -0.1) is 13.2 Å². The number of methoxy groups -OCH3 is 1. The van der Waals surface area contributed by atoms with Gasteiger partial charge in [-0.25, -0.2) is 0 Å². The van der Waals surface area contributed by atoms with Gasteiger partial charge in [0, 0.05) is 24.0 Å². The summed E-state index contributed by atoms with van der Waals surface area (Å²) in [5.74, 6) is 1.04. The number of alkyl halides is 3. The zero-order valence-electron chi connectivity index (χ0n) is 18.7. The highest BCUT2D eigenvalue weighted by atomic mass is 19.4. The smallest absolute Gasteiger partial charge is 0.496 e. The van der Waals surface area contributed by atoms with E-state index in [9.17, 15) is 18.3 Å². The zero-order chi connectivity index (χ0) is 24.6. The van der Waals surface area contributed by atoms with Crippen molar-refractivity contribution in [1.29, 1.82) is 0 Å². The molecule has 0 amide bonds. The second kappa shape index (κ2) is 9.20. The summed E-state index contributed by atoms with van der Waals surface area (Å²) in [7, 11) is 1.64. The van der Waals surface area contributed by atoms with Gasteiger partial charge < -0.3 is 19.1 Å². The van der Waals surface area contributed by atoms with Crippen LogP contribution in [0, 0.1) is 0 Å².